The van der Waals surface area contributed by atoms with Crippen molar-refractivity contribution in [2.75, 3.05) is 5.32 Å². The van der Waals surface area contributed by atoms with Crippen molar-refractivity contribution in [2.45, 2.75) is 19.9 Å². The number of hydrogen-bond donors (Lipinski definition) is 1. The molecule has 0 saturated heterocycles. The van der Waals surface area contributed by atoms with E-state index in [-0.39, 0.29) is 0 Å². The highest BCUT2D eigenvalue weighted by molar-refractivity contribution is 5.61. The van der Waals surface area contributed by atoms with Crippen LogP contribution in [0.4, 0.5) is 5.69 Å². The van der Waals surface area contributed by atoms with Crippen LogP contribution in [0.1, 0.15) is 18.2 Å². The average molecular weight is 281 g/mol. The Balaban J connectivity index is 1.82. The fraction of sp³-hybridized carbons (Fsp3) is 0.250. The van der Waals surface area contributed by atoms with Gasteiger partial charge in [-0.25, -0.2) is 4.98 Å². The molecule has 0 amide bonds. The summed E-state index contributed by atoms with van der Waals surface area (Å²) in [5.74, 6) is 0. The van der Waals surface area contributed by atoms with Gasteiger partial charge in [0.15, 0.2) is 0 Å². The predicted molar refractivity (Wildman–Crippen MR) is 83.5 cm³/mol. The highest BCUT2D eigenvalue weighted by atomic mass is 15.3. The lowest BCUT2D eigenvalue weighted by Crippen LogP contribution is -2.04. The molecule has 0 fully saturated rings. The quantitative estimate of drug-likeness (QED) is 0.782. The van der Waals surface area contributed by atoms with E-state index in [2.05, 4.69) is 40.7 Å². The molecule has 0 aliphatic heterocycles. The lowest BCUT2D eigenvalue weighted by atomic mass is 10.2. The van der Waals surface area contributed by atoms with Gasteiger partial charge >= 0.3 is 0 Å². The van der Waals surface area contributed by atoms with E-state index in [4.69, 9.17) is 0 Å². The molecule has 3 aromatic rings. The lowest BCUT2D eigenvalue weighted by molar-refractivity contribution is 0.746. The molecule has 5 heteroatoms. The maximum atomic E-state index is 4.48. The van der Waals surface area contributed by atoms with Crippen LogP contribution in [0.5, 0.6) is 0 Å². The van der Waals surface area contributed by atoms with Gasteiger partial charge in [0.25, 0.3) is 0 Å². The molecule has 1 aromatic carbocycles. The molecule has 108 valence electrons. The van der Waals surface area contributed by atoms with Gasteiger partial charge in [0.1, 0.15) is 0 Å². The third-order valence-electron chi connectivity index (χ3n) is 3.48. The standard InChI is InChI=1S/C16H19N5/c1-3-14-13(11-20(2)19-14)10-18-15-6-4-5-7-16(15)21-9-8-17-12-21/h4-9,11-12,18H,3,10H2,1-2H3. The van der Waals surface area contributed by atoms with E-state index in [0.29, 0.717) is 0 Å². The first-order valence-corrected chi connectivity index (χ1v) is 7.10. The monoisotopic (exact) mass is 281 g/mol. The molecule has 3 rings (SSSR count). The van der Waals surface area contributed by atoms with Crippen LogP contribution in [-0.4, -0.2) is 19.3 Å². The SMILES string of the molecule is CCc1nn(C)cc1CNc1ccccc1-n1ccnc1. The zero-order valence-electron chi connectivity index (χ0n) is 12.3. The van der Waals surface area contributed by atoms with E-state index in [1.165, 1.54) is 5.56 Å². The Labute approximate surface area is 124 Å². The van der Waals surface area contributed by atoms with Crippen LogP contribution in [0.2, 0.25) is 0 Å². The molecule has 0 radical (unpaired) electrons. The number of rotatable bonds is 5. The maximum Gasteiger partial charge on any atom is 0.0992 e. The van der Waals surface area contributed by atoms with Crippen molar-refractivity contribution in [2.24, 2.45) is 7.05 Å². The Bertz CT molecular complexity index is 712. The van der Waals surface area contributed by atoms with Crippen LogP contribution < -0.4 is 5.32 Å². The number of nitrogens with one attached hydrogen (secondary N) is 1. The molecule has 2 aromatic heterocycles. The van der Waals surface area contributed by atoms with Crippen LogP contribution in [0.3, 0.4) is 0 Å². The highest BCUT2D eigenvalue weighted by Crippen LogP contribution is 2.20. The van der Waals surface area contributed by atoms with E-state index < -0.39 is 0 Å². The van der Waals surface area contributed by atoms with Crippen molar-refractivity contribution in [3.63, 3.8) is 0 Å². The van der Waals surface area contributed by atoms with Gasteiger partial charge in [-0.15, -0.1) is 0 Å². The number of imidazole rings is 1. The summed E-state index contributed by atoms with van der Waals surface area (Å²) in [4.78, 5) is 4.11. The van der Waals surface area contributed by atoms with Crippen molar-refractivity contribution >= 4 is 5.69 Å². The summed E-state index contributed by atoms with van der Waals surface area (Å²) in [5.41, 5.74) is 4.56. The Kier molecular flexibility index (Phi) is 3.73. The number of benzene rings is 1. The third kappa shape index (κ3) is 2.81. The third-order valence-corrected chi connectivity index (χ3v) is 3.48. The second kappa shape index (κ2) is 5.83. The Morgan fingerprint density at radius 1 is 1.24 bits per heavy atom. The fourth-order valence-electron chi connectivity index (χ4n) is 2.47. The number of para-hydroxylation sites is 2. The van der Waals surface area contributed by atoms with Gasteiger partial charge in [-0.1, -0.05) is 19.1 Å². The predicted octanol–water partition coefficient (Wildman–Crippen LogP) is 2.78. The minimum Gasteiger partial charge on any atom is -0.379 e. The first-order valence-electron chi connectivity index (χ1n) is 7.10. The van der Waals surface area contributed by atoms with Gasteiger partial charge in [-0.2, -0.15) is 5.10 Å². The zero-order chi connectivity index (χ0) is 14.7. The Morgan fingerprint density at radius 2 is 2.10 bits per heavy atom. The molecule has 0 atom stereocenters. The summed E-state index contributed by atoms with van der Waals surface area (Å²) >= 11 is 0. The van der Waals surface area contributed by atoms with Gasteiger partial charge in [-0.05, 0) is 18.6 Å². The van der Waals surface area contributed by atoms with Crippen molar-refractivity contribution < 1.29 is 0 Å². The Morgan fingerprint density at radius 3 is 2.86 bits per heavy atom. The van der Waals surface area contributed by atoms with Gasteiger partial charge in [0.05, 0.1) is 23.4 Å². The first kappa shape index (κ1) is 13.4. The molecule has 0 spiro atoms. The Hall–Kier alpha value is -2.56. The molecular weight excluding hydrogens is 262 g/mol. The molecule has 0 bridgehead atoms. The number of anilines is 1. The van der Waals surface area contributed by atoms with Gasteiger partial charge < -0.3 is 9.88 Å². The number of aryl methyl sites for hydroxylation is 2. The second-order valence-electron chi connectivity index (χ2n) is 4.97. The summed E-state index contributed by atoms with van der Waals surface area (Å²) in [7, 11) is 1.96. The molecule has 0 aliphatic rings. The van der Waals surface area contributed by atoms with Crippen molar-refractivity contribution in [1.82, 2.24) is 19.3 Å². The molecule has 0 unspecified atom stereocenters. The summed E-state index contributed by atoms with van der Waals surface area (Å²) in [6.07, 6.45) is 8.56. The van der Waals surface area contributed by atoms with E-state index in [1.807, 2.05) is 41.0 Å². The molecule has 0 aliphatic carbocycles. The first-order chi connectivity index (χ1) is 10.3. The van der Waals surface area contributed by atoms with Crippen LogP contribution in [0.25, 0.3) is 5.69 Å². The lowest BCUT2D eigenvalue weighted by Gasteiger charge is -2.12. The summed E-state index contributed by atoms with van der Waals surface area (Å²) < 4.78 is 3.88. The minimum atomic E-state index is 0.767. The van der Waals surface area contributed by atoms with Gasteiger partial charge in [0.2, 0.25) is 0 Å². The van der Waals surface area contributed by atoms with E-state index in [9.17, 15) is 0 Å². The summed E-state index contributed by atoms with van der Waals surface area (Å²) in [6.45, 7) is 2.90. The van der Waals surface area contributed by atoms with Crippen molar-refractivity contribution in [1.29, 1.82) is 0 Å². The van der Waals surface area contributed by atoms with E-state index >= 15 is 0 Å². The maximum absolute atomic E-state index is 4.48. The van der Waals surface area contributed by atoms with Gasteiger partial charge in [-0.3, -0.25) is 4.68 Å². The van der Waals surface area contributed by atoms with Crippen LogP contribution in [-0.2, 0) is 20.0 Å². The average Bonchev–Trinajstić information content (AvgIpc) is 3.14. The molecule has 5 nitrogen and oxygen atoms in total. The normalized spacial score (nSPS) is 10.8. The summed E-state index contributed by atoms with van der Waals surface area (Å²) in [5, 5.41) is 7.98. The highest BCUT2D eigenvalue weighted by Gasteiger charge is 2.07. The number of nitrogens with zero attached hydrogens (tertiary/aromatic N) is 4. The molecule has 2 heterocycles. The minimum absolute atomic E-state index is 0.767. The van der Waals surface area contributed by atoms with Crippen molar-refractivity contribution in [3.8, 4) is 5.69 Å². The second-order valence-corrected chi connectivity index (χ2v) is 4.97. The smallest absolute Gasteiger partial charge is 0.0992 e. The molecular formula is C16H19N5. The molecule has 1 N–H and O–H groups in total. The van der Waals surface area contributed by atoms with Crippen molar-refractivity contribution in [3.05, 3.63) is 60.4 Å². The number of hydrogen-bond acceptors (Lipinski definition) is 3. The molecule has 21 heavy (non-hydrogen) atoms. The number of aromatic nitrogens is 4. The topological polar surface area (TPSA) is 47.7 Å². The summed E-state index contributed by atoms with van der Waals surface area (Å²) in [6, 6.07) is 8.22. The zero-order valence-corrected chi connectivity index (χ0v) is 12.3. The fourth-order valence-corrected chi connectivity index (χ4v) is 2.47. The van der Waals surface area contributed by atoms with E-state index in [1.54, 1.807) is 6.20 Å². The van der Waals surface area contributed by atoms with Crippen LogP contribution in [0.15, 0.2) is 49.2 Å². The van der Waals surface area contributed by atoms with Crippen LogP contribution in [0, 0.1) is 0 Å². The van der Waals surface area contributed by atoms with Gasteiger partial charge in [0, 0.05) is 37.7 Å². The molecule has 0 saturated carbocycles. The van der Waals surface area contributed by atoms with Crippen LogP contribution >= 0.6 is 0 Å². The van der Waals surface area contributed by atoms with E-state index in [0.717, 1.165) is 30.0 Å². The largest absolute Gasteiger partial charge is 0.379 e.